The van der Waals surface area contributed by atoms with Crippen molar-refractivity contribution in [1.82, 2.24) is 15.0 Å². The van der Waals surface area contributed by atoms with Gasteiger partial charge < -0.3 is 9.42 Å². The Labute approximate surface area is 143 Å². The maximum atomic E-state index is 12.1. The van der Waals surface area contributed by atoms with E-state index in [0.29, 0.717) is 24.1 Å². The summed E-state index contributed by atoms with van der Waals surface area (Å²) in [6, 6.07) is 8.04. The minimum absolute atomic E-state index is 0.272. The Kier molecular flexibility index (Phi) is 5.28. The lowest BCUT2D eigenvalue weighted by atomic mass is 9.94. The molecule has 1 unspecified atom stereocenters. The third-order valence-corrected chi connectivity index (χ3v) is 4.65. The molecule has 0 aliphatic carbocycles. The van der Waals surface area contributed by atoms with E-state index >= 15 is 0 Å². The van der Waals surface area contributed by atoms with Gasteiger partial charge >= 0.3 is 0 Å². The third-order valence-electron chi connectivity index (χ3n) is 4.65. The molecule has 0 bridgehead atoms. The predicted molar refractivity (Wildman–Crippen MR) is 92.4 cm³/mol. The lowest BCUT2D eigenvalue weighted by Gasteiger charge is -2.32. The first kappa shape index (κ1) is 16.7. The zero-order valence-corrected chi connectivity index (χ0v) is 14.5. The molecule has 3 rings (SSSR count). The van der Waals surface area contributed by atoms with Gasteiger partial charge in [-0.2, -0.15) is 4.98 Å². The molecule has 5 nitrogen and oxygen atoms in total. The molecule has 1 fully saturated rings. The first-order chi connectivity index (χ1) is 11.7. The highest BCUT2D eigenvalue weighted by molar-refractivity contribution is 5.76. The number of likely N-dealkylation sites (tertiary alicyclic amines) is 1. The van der Waals surface area contributed by atoms with E-state index in [2.05, 4.69) is 10.1 Å². The van der Waals surface area contributed by atoms with Crippen LogP contribution in [0.2, 0.25) is 0 Å². The fraction of sp³-hybridized carbons (Fsp3) is 0.526. The molecule has 24 heavy (non-hydrogen) atoms. The fourth-order valence-electron chi connectivity index (χ4n) is 3.35. The van der Waals surface area contributed by atoms with Gasteiger partial charge in [0.1, 0.15) is 0 Å². The minimum Gasteiger partial charge on any atom is -0.342 e. The summed E-state index contributed by atoms with van der Waals surface area (Å²) in [7, 11) is 0. The number of hydrogen-bond acceptors (Lipinski definition) is 4. The maximum Gasteiger partial charge on any atom is 0.227 e. The highest BCUT2D eigenvalue weighted by Crippen LogP contribution is 2.24. The van der Waals surface area contributed by atoms with Crippen molar-refractivity contribution in [1.29, 1.82) is 0 Å². The zero-order chi connectivity index (χ0) is 16.9. The SMILES string of the molecule is CCCC(=O)N1CCCC(Cc2nc(-c3ccccc3C)no2)C1. The van der Waals surface area contributed by atoms with Gasteiger partial charge in [-0.05, 0) is 37.7 Å². The average Bonchev–Trinajstić information content (AvgIpc) is 3.04. The monoisotopic (exact) mass is 327 g/mol. The van der Waals surface area contributed by atoms with E-state index in [4.69, 9.17) is 4.52 Å². The minimum atomic E-state index is 0.272. The van der Waals surface area contributed by atoms with Crippen LogP contribution in [0.5, 0.6) is 0 Å². The number of benzene rings is 1. The Hall–Kier alpha value is -2.17. The van der Waals surface area contributed by atoms with E-state index in [1.165, 1.54) is 0 Å². The van der Waals surface area contributed by atoms with Gasteiger partial charge in [0.25, 0.3) is 0 Å². The normalized spacial score (nSPS) is 17.9. The molecule has 0 radical (unpaired) electrons. The Bertz CT molecular complexity index is 695. The van der Waals surface area contributed by atoms with Crippen molar-refractivity contribution in [2.75, 3.05) is 13.1 Å². The van der Waals surface area contributed by atoms with E-state index in [9.17, 15) is 4.79 Å². The van der Waals surface area contributed by atoms with Crippen molar-refractivity contribution < 1.29 is 9.32 Å². The van der Waals surface area contributed by atoms with Crippen molar-refractivity contribution in [3.05, 3.63) is 35.7 Å². The molecular formula is C19H25N3O2. The second-order valence-electron chi connectivity index (χ2n) is 6.63. The van der Waals surface area contributed by atoms with Crippen LogP contribution >= 0.6 is 0 Å². The molecule has 0 N–H and O–H groups in total. The molecule has 1 aliphatic heterocycles. The van der Waals surface area contributed by atoms with Crippen molar-refractivity contribution >= 4 is 5.91 Å². The van der Waals surface area contributed by atoms with Crippen LogP contribution in [0, 0.1) is 12.8 Å². The summed E-state index contributed by atoms with van der Waals surface area (Å²) in [5, 5.41) is 4.13. The summed E-state index contributed by atoms with van der Waals surface area (Å²) in [5.41, 5.74) is 2.15. The summed E-state index contributed by atoms with van der Waals surface area (Å²) in [4.78, 5) is 18.7. The van der Waals surface area contributed by atoms with E-state index < -0.39 is 0 Å². The second-order valence-corrected chi connectivity index (χ2v) is 6.63. The topological polar surface area (TPSA) is 59.2 Å². The number of rotatable bonds is 5. The highest BCUT2D eigenvalue weighted by Gasteiger charge is 2.25. The van der Waals surface area contributed by atoms with Crippen LogP contribution in [0.15, 0.2) is 28.8 Å². The number of nitrogens with zero attached hydrogens (tertiary/aromatic N) is 3. The molecule has 5 heteroatoms. The van der Waals surface area contributed by atoms with Gasteiger partial charge in [-0.3, -0.25) is 4.79 Å². The number of piperidine rings is 1. The van der Waals surface area contributed by atoms with Crippen LogP contribution in [-0.2, 0) is 11.2 Å². The molecular weight excluding hydrogens is 302 g/mol. The van der Waals surface area contributed by atoms with E-state index in [1.807, 2.05) is 43.0 Å². The molecule has 1 amide bonds. The molecule has 2 heterocycles. The van der Waals surface area contributed by atoms with Gasteiger partial charge in [-0.1, -0.05) is 36.3 Å². The number of amides is 1. The lowest BCUT2D eigenvalue weighted by Crippen LogP contribution is -2.40. The first-order valence-corrected chi connectivity index (χ1v) is 8.83. The Morgan fingerprint density at radius 1 is 1.38 bits per heavy atom. The van der Waals surface area contributed by atoms with Gasteiger partial charge in [0.15, 0.2) is 0 Å². The summed E-state index contributed by atoms with van der Waals surface area (Å²) >= 11 is 0. The molecule has 1 saturated heterocycles. The van der Waals surface area contributed by atoms with Gasteiger partial charge in [0.05, 0.1) is 0 Å². The summed E-state index contributed by atoms with van der Waals surface area (Å²) in [6.45, 7) is 5.78. The number of aromatic nitrogens is 2. The van der Waals surface area contributed by atoms with Gasteiger partial charge in [0, 0.05) is 31.5 Å². The summed E-state index contributed by atoms with van der Waals surface area (Å²) in [5.74, 6) is 2.00. The number of carbonyl (C=O) groups excluding carboxylic acids is 1. The number of aryl methyl sites for hydroxylation is 1. The van der Waals surface area contributed by atoms with E-state index in [1.54, 1.807) is 0 Å². The number of carbonyl (C=O) groups is 1. The van der Waals surface area contributed by atoms with Crippen molar-refractivity contribution in [2.45, 2.75) is 46.0 Å². The van der Waals surface area contributed by atoms with E-state index in [-0.39, 0.29) is 5.91 Å². The zero-order valence-electron chi connectivity index (χ0n) is 14.5. The number of hydrogen-bond donors (Lipinski definition) is 0. The van der Waals surface area contributed by atoms with Gasteiger partial charge in [-0.15, -0.1) is 0 Å². The fourth-order valence-corrected chi connectivity index (χ4v) is 3.35. The maximum absolute atomic E-state index is 12.1. The summed E-state index contributed by atoms with van der Waals surface area (Å²) < 4.78 is 5.46. The Morgan fingerprint density at radius 3 is 3.00 bits per heavy atom. The molecule has 1 aromatic carbocycles. The Morgan fingerprint density at radius 2 is 2.21 bits per heavy atom. The average molecular weight is 327 g/mol. The van der Waals surface area contributed by atoms with Crippen molar-refractivity contribution in [3.8, 4) is 11.4 Å². The van der Waals surface area contributed by atoms with Gasteiger partial charge in [-0.25, -0.2) is 0 Å². The van der Waals surface area contributed by atoms with Crippen LogP contribution in [0.1, 0.15) is 44.1 Å². The van der Waals surface area contributed by atoms with Crippen LogP contribution in [-0.4, -0.2) is 34.0 Å². The quantitative estimate of drug-likeness (QED) is 0.841. The molecule has 1 aromatic heterocycles. The van der Waals surface area contributed by atoms with Crippen LogP contribution in [0.25, 0.3) is 11.4 Å². The van der Waals surface area contributed by atoms with Crippen LogP contribution in [0.4, 0.5) is 0 Å². The summed E-state index contributed by atoms with van der Waals surface area (Å²) in [6.07, 6.45) is 4.46. The molecule has 0 saturated carbocycles. The molecule has 128 valence electrons. The first-order valence-electron chi connectivity index (χ1n) is 8.83. The second kappa shape index (κ2) is 7.60. The van der Waals surface area contributed by atoms with Crippen LogP contribution in [0.3, 0.4) is 0 Å². The van der Waals surface area contributed by atoms with Crippen molar-refractivity contribution in [2.24, 2.45) is 5.92 Å². The molecule has 2 aromatic rings. The predicted octanol–water partition coefficient (Wildman–Crippen LogP) is 3.63. The van der Waals surface area contributed by atoms with Crippen LogP contribution < -0.4 is 0 Å². The molecule has 1 aliphatic rings. The largest absolute Gasteiger partial charge is 0.342 e. The molecule has 0 spiro atoms. The van der Waals surface area contributed by atoms with Gasteiger partial charge in [0.2, 0.25) is 17.6 Å². The smallest absolute Gasteiger partial charge is 0.227 e. The highest BCUT2D eigenvalue weighted by atomic mass is 16.5. The van der Waals surface area contributed by atoms with Crippen molar-refractivity contribution in [3.63, 3.8) is 0 Å². The van der Waals surface area contributed by atoms with E-state index in [0.717, 1.165) is 49.9 Å². The molecule has 1 atom stereocenters. The standard InChI is InChI=1S/C19H25N3O2/c1-3-7-18(23)22-11-6-9-15(13-22)12-17-20-19(21-24-17)16-10-5-4-8-14(16)2/h4-5,8,10,15H,3,6-7,9,11-13H2,1-2H3. The lowest BCUT2D eigenvalue weighted by molar-refractivity contribution is -0.133. The third kappa shape index (κ3) is 3.83. The Balaban J connectivity index is 1.64.